The lowest BCUT2D eigenvalue weighted by Crippen LogP contribution is -2.53. The highest BCUT2D eigenvalue weighted by Crippen LogP contribution is 2.26. The fourth-order valence-corrected chi connectivity index (χ4v) is 5.75. The van der Waals surface area contributed by atoms with Crippen LogP contribution in [-0.4, -0.2) is 93.0 Å². The second-order valence-corrected chi connectivity index (χ2v) is 13.9. The molecule has 2 rings (SSSR count). The number of carbonyl (C=O) groups excluding carboxylic acids is 3. The summed E-state index contributed by atoms with van der Waals surface area (Å²) in [7, 11) is -9.08. The Morgan fingerprint density at radius 2 is 1.19 bits per heavy atom. The monoisotopic (exact) mass is 563 g/mol. The Labute approximate surface area is 217 Å². The average molecular weight is 564 g/mol. The molecule has 0 spiro atoms. The molecule has 208 valence electrons. The molecule has 37 heavy (non-hydrogen) atoms. The van der Waals surface area contributed by atoms with E-state index in [4.69, 9.17) is 14.3 Å². The molecule has 1 saturated heterocycles. The molecule has 1 aromatic carbocycles. The third-order valence-electron chi connectivity index (χ3n) is 4.64. The summed E-state index contributed by atoms with van der Waals surface area (Å²) in [5.41, 5.74) is -1.88. The van der Waals surface area contributed by atoms with Crippen molar-refractivity contribution < 1.29 is 45.5 Å². The number of amides is 3. The van der Waals surface area contributed by atoms with E-state index in [1.54, 1.807) is 20.8 Å². The molecule has 0 aliphatic carbocycles. The average Bonchev–Trinajstić information content (AvgIpc) is 2.74. The van der Waals surface area contributed by atoms with E-state index in [0.29, 0.717) is 0 Å². The van der Waals surface area contributed by atoms with Crippen LogP contribution in [0, 0.1) is 0 Å². The number of sulfone groups is 1. The van der Waals surface area contributed by atoms with Gasteiger partial charge in [-0.2, -0.15) is 8.42 Å². The van der Waals surface area contributed by atoms with Crippen molar-refractivity contribution in [2.45, 2.75) is 62.5 Å². The summed E-state index contributed by atoms with van der Waals surface area (Å²) < 4.78 is 61.4. The van der Waals surface area contributed by atoms with Crippen LogP contribution < -0.4 is 0 Å². The lowest BCUT2D eigenvalue weighted by atomic mass is 10.2. The molecule has 0 radical (unpaired) electrons. The molecule has 1 fully saturated rings. The molecule has 15 heteroatoms. The van der Waals surface area contributed by atoms with E-state index in [-0.39, 0.29) is 30.6 Å². The molecule has 1 heterocycles. The first-order chi connectivity index (χ1) is 16.7. The van der Waals surface area contributed by atoms with Crippen LogP contribution in [0.1, 0.15) is 41.5 Å². The zero-order valence-electron chi connectivity index (χ0n) is 21.9. The van der Waals surface area contributed by atoms with Crippen LogP contribution in [-0.2, 0) is 34.2 Å². The fourth-order valence-electron chi connectivity index (χ4n) is 3.07. The van der Waals surface area contributed by atoms with Gasteiger partial charge >= 0.3 is 28.3 Å². The van der Waals surface area contributed by atoms with Crippen molar-refractivity contribution in [3.63, 3.8) is 0 Å². The van der Waals surface area contributed by atoms with E-state index in [9.17, 15) is 31.2 Å². The second kappa shape index (κ2) is 10.7. The Morgan fingerprint density at radius 3 is 1.62 bits per heavy atom. The third kappa shape index (κ3) is 8.21. The van der Waals surface area contributed by atoms with Gasteiger partial charge in [-0.25, -0.2) is 22.8 Å². The summed E-state index contributed by atoms with van der Waals surface area (Å²) in [6, 6.07) is 4.58. The number of hydrogen-bond donors (Lipinski definition) is 0. The van der Waals surface area contributed by atoms with Gasteiger partial charge in [-0.1, -0.05) is 12.1 Å². The largest absolute Gasteiger partial charge is 0.459 e. The molecule has 0 unspecified atom stereocenters. The van der Waals surface area contributed by atoms with Gasteiger partial charge in [-0.3, -0.25) is 4.84 Å². The molecule has 0 N–H and O–H groups in total. The quantitative estimate of drug-likeness (QED) is 0.501. The summed E-state index contributed by atoms with van der Waals surface area (Å²) in [5.74, 6) is 0. The molecule has 1 aliphatic heterocycles. The van der Waals surface area contributed by atoms with E-state index in [1.165, 1.54) is 37.8 Å². The molecule has 0 aromatic heterocycles. The SMILES string of the molecule is CC(C)(C)OC(=O)N1CCN(C(=O)ON(C(=O)OC(C)(C)C)S(=O)(=O)c2ccccc2S(C)(=O)=O)CC1. The Hall–Kier alpha value is -3.07. The summed E-state index contributed by atoms with van der Waals surface area (Å²) in [5, 5.41) is 0. The molecule has 1 aliphatic rings. The number of hydrogen-bond acceptors (Lipinski definition) is 10. The van der Waals surface area contributed by atoms with Gasteiger partial charge in [0.15, 0.2) is 9.84 Å². The third-order valence-corrected chi connectivity index (χ3v) is 7.49. The number of benzene rings is 1. The highest BCUT2D eigenvalue weighted by Gasteiger charge is 2.41. The number of carbonyl (C=O) groups is 3. The molecular formula is C22H33N3O10S2. The van der Waals surface area contributed by atoms with E-state index in [0.717, 1.165) is 23.3 Å². The second-order valence-electron chi connectivity index (χ2n) is 10.2. The van der Waals surface area contributed by atoms with Gasteiger partial charge in [0, 0.05) is 32.4 Å². The molecule has 0 bridgehead atoms. The van der Waals surface area contributed by atoms with E-state index in [2.05, 4.69) is 0 Å². The van der Waals surface area contributed by atoms with Crippen LogP contribution in [0.2, 0.25) is 0 Å². The number of piperazine rings is 1. The van der Waals surface area contributed by atoms with Gasteiger partial charge in [-0.05, 0) is 58.1 Å². The Bertz CT molecular complexity index is 1240. The van der Waals surface area contributed by atoms with Crippen LogP contribution in [0.25, 0.3) is 0 Å². The smallest absolute Gasteiger partial charge is 0.444 e. The van der Waals surface area contributed by atoms with Crippen molar-refractivity contribution in [2.75, 3.05) is 32.4 Å². The highest BCUT2D eigenvalue weighted by molar-refractivity contribution is 7.93. The van der Waals surface area contributed by atoms with Gasteiger partial charge in [0.05, 0.1) is 4.90 Å². The van der Waals surface area contributed by atoms with Crippen molar-refractivity contribution in [1.29, 1.82) is 0 Å². The minimum atomic E-state index is -5.04. The normalized spacial score (nSPS) is 15.1. The maximum Gasteiger partial charge on any atom is 0.459 e. The first kappa shape index (κ1) is 30.2. The zero-order chi connectivity index (χ0) is 28.4. The standard InChI is InChI=1S/C22H33N3O10S2/c1-21(2,3)33-18(26)23-12-14-24(15-13-23)19(27)35-25(20(28)34-22(4,5)6)37(31,32)17-11-9-8-10-16(17)36(7,29)30/h8-11H,12-15H2,1-7H3. The topological polar surface area (TPSA) is 157 Å². The summed E-state index contributed by atoms with van der Waals surface area (Å²) in [6.45, 7) is 9.61. The Morgan fingerprint density at radius 1 is 0.757 bits per heavy atom. The van der Waals surface area contributed by atoms with Gasteiger partial charge in [0.1, 0.15) is 16.1 Å². The molecule has 0 atom stereocenters. The van der Waals surface area contributed by atoms with Gasteiger partial charge in [0.25, 0.3) is 0 Å². The number of nitrogens with zero attached hydrogens (tertiary/aromatic N) is 3. The lowest BCUT2D eigenvalue weighted by Gasteiger charge is -2.35. The molecular weight excluding hydrogens is 530 g/mol. The minimum absolute atomic E-state index is 0.0415. The number of rotatable bonds is 3. The predicted octanol–water partition coefficient (Wildman–Crippen LogP) is 2.62. The van der Waals surface area contributed by atoms with Gasteiger partial charge < -0.3 is 19.3 Å². The van der Waals surface area contributed by atoms with Crippen LogP contribution in [0.5, 0.6) is 0 Å². The van der Waals surface area contributed by atoms with Crippen molar-refractivity contribution >= 4 is 38.1 Å². The summed E-state index contributed by atoms with van der Waals surface area (Å²) in [4.78, 5) is 44.1. The van der Waals surface area contributed by atoms with Crippen LogP contribution in [0.4, 0.5) is 14.4 Å². The van der Waals surface area contributed by atoms with Crippen molar-refractivity contribution in [3.05, 3.63) is 24.3 Å². The highest BCUT2D eigenvalue weighted by atomic mass is 32.2. The van der Waals surface area contributed by atoms with Crippen molar-refractivity contribution in [2.24, 2.45) is 0 Å². The first-order valence-electron chi connectivity index (χ1n) is 11.2. The maximum absolute atomic E-state index is 13.4. The summed E-state index contributed by atoms with van der Waals surface area (Å²) in [6.07, 6.45) is -2.53. The van der Waals surface area contributed by atoms with Crippen LogP contribution in [0.15, 0.2) is 34.1 Å². The van der Waals surface area contributed by atoms with Gasteiger partial charge in [0.2, 0.25) is 0 Å². The predicted molar refractivity (Wildman–Crippen MR) is 131 cm³/mol. The van der Waals surface area contributed by atoms with E-state index in [1.807, 2.05) is 0 Å². The first-order valence-corrected chi connectivity index (χ1v) is 14.6. The van der Waals surface area contributed by atoms with Crippen molar-refractivity contribution in [3.8, 4) is 0 Å². The molecule has 13 nitrogen and oxygen atoms in total. The molecule has 3 amide bonds. The number of hydroxylamine groups is 1. The van der Waals surface area contributed by atoms with Crippen LogP contribution >= 0.6 is 0 Å². The number of ether oxygens (including phenoxy) is 2. The number of sulfonamides is 1. The summed E-state index contributed by atoms with van der Waals surface area (Å²) >= 11 is 0. The molecule has 1 aromatic rings. The van der Waals surface area contributed by atoms with Crippen molar-refractivity contribution in [1.82, 2.24) is 14.3 Å². The lowest BCUT2D eigenvalue weighted by molar-refractivity contribution is -0.0608. The van der Waals surface area contributed by atoms with Gasteiger partial charge in [-0.15, -0.1) is 0 Å². The maximum atomic E-state index is 13.4. The van der Waals surface area contributed by atoms with E-state index < -0.39 is 59.1 Å². The molecule has 0 saturated carbocycles. The Balaban J connectivity index is 2.32. The minimum Gasteiger partial charge on any atom is -0.444 e. The van der Waals surface area contributed by atoms with E-state index >= 15 is 0 Å². The fraction of sp³-hybridized carbons (Fsp3) is 0.591. The Kier molecular flexibility index (Phi) is 8.75. The zero-order valence-corrected chi connectivity index (χ0v) is 23.5. The van der Waals surface area contributed by atoms with Crippen LogP contribution in [0.3, 0.4) is 0 Å².